The lowest BCUT2D eigenvalue weighted by Gasteiger charge is -1.97. The fraction of sp³-hybridized carbons (Fsp3) is 0.111. The number of rotatable bonds is 1. The Morgan fingerprint density at radius 3 is 3.15 bits per heavy atom. The summed E-state index contributed by atoms with van der Waals surface area (Å²) in [6.07, 6.45) is 3.54. The van der Waals surface area contributed by atoms with E-state index in [-0.39, 0.29) is 0 Å². The van der Waals surface area contributed by atoms with Gasteiger partial charge < -0.3 is 10.1 Å². The van der Waals surface area contributed by atoms with Crippen molar-refractivity contribution in [2.75, 3.05) is 0 Å². The molecule has 4 heteroatoms. The van der Waals surface area contributed by atoms with Crippen LogP contribution in [0.3, 0.4) is 0 Å². The van der Waals surface area contributed by atoms with Crippen LogP contribution >= 0.6 is 0 Å². The minimum Gasteiger partial charge on any atom is -0.325 e. The highest BCUT2D eigenvalue weighted by Crippen LogP contribution is 2.10. The van der Waals surface area contributed by atoms with Gasteiger partial charge in [-0.2, -0.15) is 5.26 Å². The molecule has 0 saturated heterocycles. The van der Waals surface area contributed by atoms with Crippen LogP contribution in [0.5, 0.6) is 0 Å². The zero-order chi connectivity index (χ0) is 9.26. The molecule has 0 fully saturated rings. The van der Waals surface area contributed by atoms with E-state index >= 15 is 0 Å². The fourth-order valence-electron chi connectivity index (χ4n) is 1.30. The molecule has 0 unspecified atom stereocenters. The summed E-state index contributed by atoms with van der Waals surface area (Å²) in [6, 6.07) is 5.63. The van der Waals surface area contributed by atoms with E-state index in [0.29, 0.717) is 17.8 Å². The molecule has 0 bridgehead atoms. The molecule has 13 heavy (non-hydrogen) atoms. The Morgan fingerprint density at radius 1 is 1.62 bits per heavy atom. The number of fused-ring (bicyclic) bond motifs is 1. The van der Waals surface area contributed by atoms with E-state index in [1.807, 2.05) is 16.7 Å². The average Bonchev–Trinajstić information content (AvgIpc) is 2.60. The highest BCUT2D eigenvalue weighted by Gasteiger charge is 2.04. The summed E-state index contributed by atoms with van der Waals surface area (Å²) in [4.78, 5) is 4.12. The summed E-state index contributed by atoms with van der Waals surface area (Å²) >= 11 is 0. The molecule has 0 spiro atoms. The maximum Gasteiger partial charge on any atom is 0.154 e. The first-order valence-corrected chi connectivity index (χ1v) is 3.92. The molecular formula is C9H8N4. The molecule has 0 aromatic carbocycles. The predicted octanol–water partition coefficient (Wildman–Crippen LogP) is 0.665. The number of nitriles is 1. The molecule has 2 rings (SSSR count). The van der Waals surface area contributed by atoms with Crippen molar-refractivity contribution in [1.29, 1.82) is 5.26 Å². The van der Waals surface area contributed by atoms with E-state index in [1.54, 1.807) is 12.3 Å². The van der Waals surface area contributed by atoms with Gasteiger partial charge in [0.25, 0.3) is 0 Å². The molecule has 4 nitrogen and oxygen atoms in total. The van der Waals surface area contributed by atoms with Gasteiger partial charge in [-0.05, 0) is 12.1 Å². The Hall–Kier alpha value is -1.86. The van der Waals surface area contributed by atoms with Gasteiger partial charge >= 0.3 is 0 Å². The lowest BCUT2D eigenvalue weighted by Crippen LogP contribution is -2.00. The minimum absolute atomic E-state index is 0.427. The Labute approximate surface area is 75.2 Å². The normalized spacial score (nSPS) is 10.2. The fourth-order valence-corrected chi connectivity index (χ4v) is 1.30. The third-order valence-electron chi connectivity index (χ3n) is 1.94. The first kappa shape index (κ1) is 7.77. The van der Waals surface area contributed by atoms with Crippen LogP contribution in [0.15, 0.2) is 24.5 Å². The molecule has 2 aromatic rings. The second-order valence-corrected chi connectivity index (χ2v) is 2.68. The van der Waals surface area contributed by atoms with Crippen LogP contribution in [0.1, 0.15) is 11.3 Å². The SMILES string of the molecule is N#Cc1cccn2c(CN)cnc12. The average molecular weight is 172 g/mol. The summed E-state index contributed by atoms with van der Waals surface area (Å²) in [5, 5.41) is 8.78. The molecule has 0 aliphatic heterocycles. The van der Waals surface area contributed by atoms with Crippen LogP contribution in [-0.2, 0) is 6.54 Å². The Balaban J connectivity index is 2.81. The van der Waals surface area contributed by atoms with Crippen molar-refractivity contribution in [3.8, 4) is 6.07 Å². The van der Waals surface area contributed by atoms with Crippen LogP contribution < -0.4 is 5.73 Å². The molecule has 2 heterocycles. The molecule has 64 valence electrons. The van der Waals surface area contributed by atoms with Gasteiger partial charge in [0, 0.05) is 12.7 Å². The van der Waals surface area contributed by atoms with Gasteiger partial charge in [0.15, 0.2) is 5.65 Å². The number of aromatic nitrogens is 2. The standard InChI is InChI=1S/C9H8N4/c10-4-7-2-1-3-13-8(5-11)6-12-9(7)13/h1-3,6H,5,11H2. The first-order valence-electron chi connectivity index (χ1n) is 3.92. The number of pyridine rings is 1. The Kier molecular flexibility index (Phi) is 1.72. The van der Waals surface area contributed by atoms with Crippen molar-refractivity contribution in [3.05, 3.63) is 35.8 Å². The van der Waals surface area contributed by atoms with Crippen molar-refractivity contribution >= 4 is 5.65 Å². The van der Waals surface area contributed by atoms with Gasteiger partial charge in [-0.15, -0.1) is 0 Å². The summed E-state index contributed by atoms with van der Waals surface area (Å²) in [6.45, 7) is 0.427. The molecule has 0 radical (unpaired) electrons. The first-order chi connectivity index (χ1) is 6.36. The highest BCUT2D eigenvalue weighted by molar-refractivity contribution is 5.55. The molecule has 2 N–H and O–H groups in total. The maximum absolute atomic E-state index is 8.78. The predicted molar refractivity (Wildman–Crippen MR) is 47.8 cm³/mol. The van der Waals surface area contributed by atoms with Gasteiger partial charge in [-0.1, -0.05) is 0 Å². The van der Waals surface area contributed by atoms with Gasteiger partial charge in [0.05, 0.1) is 17.5 Å². The quantitative estimate of drug-likeness (QED) is 0.687. The number of nitrogens with two attached hydrogens (primary N) is 1. The molecule has 0 amide bonds. The number of hydrogen-bond acceptors (Lipinski definition) is 3. The summed E-state index contributed by atoms with van der Waals surface area (Å²) in [5.41, 5.74) is 7.66. The van der Waals surface area contributed by atoms with Crippen LogP contribution in [0, 0.1) is 11.3 Å². The van der Waals surface area contributed by atoms with Gasteiger partial charge in [0.1, 0.15) is 6.07 Å². The topological polar surface area (TPSA) is 67.1 Å². The monoisotopic (exact) mass is 172 g/mol. The Morgan fingerprint density at radius 2 is 2.46 bits per heavy atom. The zero-order valence-corrected chi connectivity index (χ0v) is 6.94. The van der Waals surface area contributed by atoms with E-state index < -0.39 is 0 Å². The Bertz CT molecular complexity index is 478. The van der Waals surface area contributed by atoms with E-state index in [0.717, 1.165) is 5.69 Å². The molecule has 2 aromatic heterocycles. The summed E-state index contributed by atoms with van der Waals surface area (Å²) in [5.74, 6) is 0. The smallest absolute Gasteiger partial charge is 0.154 e. The lowest BCUT2D eigenvalue weighted by molar-refractivity contribution is 0.958. The van der Waals surface area contributed by atoms with Crippen LogP contribution in [0.25, 0.3) is 5.65 Å². The van der Waals surface area contributed by atoms with E-state index in [4.69, 9.17) is 11.0 Å². The number of hydrogen-bond donors (Lipinski definition) is 1. The van der Waals surface area contributed by atoms with E-state index in [9.17, 15) is 0 Å². The number of imidazole rings is 1. The van der Waals surface area contributed by atoms with Gasteiger partial charge in [-0.25, -0.2) is 4.98 Å². The van der Waals surface area contributed by atoms with Crippen LogP contribution in [0.4, 0.5) is 0 Å². The number of nitrogens with zero attached hydrogens (tertiary/aromatic N) is 3. The van der Waals surface area contributed by atoms with Crippen molar-refractivity contribution in [1.82, 2.24) is 9.38 Å². The lowest BCUT2D eigenvalue weighted by atomic mass is 10.3. The van der Waals surface area contributed by atoms with Crippen LogP contribution in [0.2, 0.25) is 0 Å². The van der Waals surface area contributed by atoms with E-state index in [1.165, 1.54) is 0 Å². The minimum atomic E-state index is 0.427. The second-order valence-electron chi connectivity index (χ2n) is 2.68. The summed E-state index contributed by atoms with van der Waals surface area (Å²) < 4.78 is 1.83. The van der Waals surface area contributed by atoms with Crippen molar-refractivity contribution in [2.24, 2.45) is 5.73 Å². The molecule has 0 saturated carbocycles. The van der Waals surface area contributed by atoms with Gasteiger partial charge in [0.2, 0.25) is 0 Å². The van der Waals surface area contributed by atoms with Gasteiger partial charge in [-0.3, -0.25) is 0 Å². The third kappa shape index (κ3) is 1.06. The second kappa shape index (κ2) is 2.88. The van der Waals surface area contributed by atoms with Crippen LogP contribution in [-0.4, -0.2) is 9.38 Å². The van der Waals surface area contributed by atoms with E-state index in [2.05, 4.69) is 11.1 Å². The highest BCUT2D eigenvalue weighted by atomic mass is 15.0. The maximum atomic E-state index is 8.78. The molecule has 0 aliphatic rings. The zero-order valence-electron chi connectivity index (χ0n) is 6.94. The largest absolute Gasteiger partial charge is 0.325 e. The van der Waals surface area contributed by atoms with Crippen molar-refractivity contribution in [3.63, 3.8) is 0 Å². The van der Waals surface area contributed by atoms with Crippen molar-refractivity contribution < 1.29 is 0 Å². The van der Waals surface area contributed by atoms with Crippen molar-refractivity contribution in [2.45, 2.75) is 6.54 Å². The molecule has 0 atom stereocenters. The molecular weight excluding hydrogens is 164 g/mol. The third-order valence-corrected chi connectivity index (χ3v) is 1.94. The molecule has 0 aliphatic carbocycles. The summed E-state index contributed by atoms with van der Waals surface area (Å²) in [7, 11) is 0.